The Labute approximate surface area is 95.8 Å². The average Bonchev–Trinajstić information content (AvgIpc) is 2.08. The second-order valence-electron chi connectivity index (χ2n) is 4.41. The highest BCUT2D eigenvalue weighted by atomic mass is 35.5. The number of hydrogen-bond acceptors (Lipinski definition) is 3. The van der Waals surface area contributed by atoms with Gasteiger partial charge >= 0.3 is 0 Å². The van der Waals surface area contributed by atoms with E-state index in [1.54, 1.807) is 0 Å². The number of ether oxygens (including phenoxy) is 1. The third kappa shape index (κ3) is 3.67. The highest BCUT2D eigenvalue weighted by molar-refractivity contribution is 6.30. The van der Waals surface area contributed by atoms with Crippen LogP contribution in [0.15, 0.2) is 6.33 Å². The van der Waals surface area contributed by atoms with Gasteiger partial charge in [0.2, 0.25) is 5.88 Å². The Morgan fingerprint density at radius 1 is 1.33 bits per heavy atom. The Hall–Kier alpha value is -0.830. The second kappa shape index (κ2) is 4.79. The third-order valence-corrected chi connectivity index (χ3v) is 2.08. The van der Waals surface area contributed by atoms with Crippen molar-refractivity contribution in [1.82, 2.24) is 9.97 Å². The SMILES string of the molecule is CCCc1c(Cl)ncnc1OC(C)(C)C. The molecule has 1 aromatic heterocycles. The summed E-state index contributed by atoms with van der Waals surface area (Å²) in [6, 6.07) is 0. The lowest BCUT2D eigenvalue weighted by atomic mass is 10.1. The van der Waals surface area contributed by atoms with Crippen LogP contribution in [0, 0.1) is 0 Å². The Balaban J connectivity index is 3.00. The summed E-state index contributed by atoms with van der Waals surface area (Å²) in [6.45, 7) is 8.04. The molecule has 84 valence electrons. The number of nitrogens with zero attached hydrogens (tertiary/aromatic N) is 2. The summed E-state index contributed by atoms with van der Waals surface area (Å²) >= 11 is 6.01. The fraction of sp³-hybridized carbons (Fsp3) is 0.636. The van der Waals surface area contributed by atoms with E-state index in [1.807, 2.05) is 20.8 Å². The first kappa shape index (κ1) is 12.2. The van der Waals surface area contributed by atoms with Gasteiger partial charge in [0, 0.05) is 0 Å². The average molecular weight is 229 g/mol. The quantitative estimate of drug-likeness (QED) is 0.745. The molecule has 0 atom stereocenters. The molecule has 0 bridgehead atoms. The molecular formula is C11H17ClN2O. The molecule has 0 spiro atoms. The molecule has 1 rings (SSSR count). The van der Waals surface area contributed by atoms with Gasteiger partial charge in [-0.05, 0) is 27.2 Å². The zero-order valence-electron chi connectivity index (χ0n) is 9.67. The first-order valence-corrected chi connectivity index (χ1v) is 5.50. The van der Waals surface area contributed by atoms with E-state index >= 15 is 0 Å². The van der Waals surface area contributed by atoms with Crippen LogP contribution in [0.2, 0.25) is 5.15 Å². The van der Waals surface area contributed by atoms with Gasteiger partial charge in [0.05, 0.1) is 5.56 Å². The van der Waals surface area contributed by atoms with Crippen LogP contribution in [0.4, 0.5) is 0 Å². The minimum absolute atomic E-state index is 0.264. The fourth-order valence-corrected chi connectivity index (χ4v) is 1.43. The molecule has 0 aromatic carbocycles. The van der Waals surface area contributed by atoms with E-state index < -0.39 is 0 Å². The lowest BCUT2D eigenvalue weighted by molar-refractivity contribution is 0.122. The van der Waals surface area contributed by atoms with Crippen molar-refractivity contribution in [3.05, 3.63) is 17.0 Å². The van der Waals surface area contributed by atoms with E-state index in [1.165, 1.54) is 6.33 Å². The molecule has 0 N–H and O–H groups in total. The van der Waals surface area contributed by atoms with Crippen LogP contribution in [-0.4, -0.2) is 15.6 Å². The molecular weight excluding hydrogens is 212 g/mol. The Morgan fingerprint density at radius 2 is 2.00 bits per heavy atom. The molecule has 0 saturated carbocycles. The van der Waals surface area contributed by atoms with E-state index in [2.05, 4.69) is 16.9 Å². The van der Waals surface area contributed by atoms with E-state index in [0.29, 0.717) is 11.0 Å². The smallest absolute Gasteiger partial charge is 0.221 e. The van der Waals surface area contributed by atoms with Crippen LogP contribution in [0.1, 0.15) is 39.7 Å². The number of rotatable bonds is 3. The van der Waals surface area contributed by atoms with Gasteiger partial charge in [-0.25, -0.2) is 9.97 Å². The minimum Gasteiger partial charge on any atom is -0.472 e. The van der Waals surface area contributed by atoms with Crippen LogP contribution in [0.25, 0.3) is 0 Å². The van der Waals surface area contributed by atoms with Crippen molar-refractivity contribution < 1.29 is 4.74 Å². The summed E-state index contributed by atoms with van der Waals surface area (Å²) in [5.41, 5.74) is 0.636. The number of halogens is 1. The van der Waals surface area contributed by atoms with Crippen LogP contribution in [0.3, 0.4) is 0 Å². The summed E-state index contributed by atoms with van der Waals surface area (Å²) in [7, 11) is 0. The predicted molar refractivity (Wildman–Crippen MR) is 61.4 cm³/mol. The molecule has 0 unspecified atom stereocenters. The monoisotopic (exact) mass is 228 g/mol. The molecule has 4 heteroatoms. The van der Waals surface area contributed by atoms with Crippen molar-refractivity contribution in [2.45, 2.75) is 46.1 Å². The van der Waals surface area contributed by atoms with Gasteiger partial charge in [0.15, 0.2) is 0 Å². The summed E-state index contributed by atoms with van der Waals surface area (Å²) in [5.74, 6) is 0.601. The molecule has 0 amide bonds. The highest BCUT2D eigenvalue weighted by Crippen LogP contribution is 2.26. The van der Waals surface area contributed by atoms with Gasteiger partial charge in [-0.1, -0.05) is 24.9 Å². The van der Waals surface area contributed by atoms with Crippen molar-refractivity contribution in [1.29, 1.82) is 0 Å². The van der Waals surface area contributed by atoms with Crippen LogP contribution >= 0.6 is 11.6 Å². The normalized spacial score (nSPS) is 11.5. The summed E-state index contributed by atoms with van der Waals surface area (Å²) in [5, 5.41) is 0.492. The maximum Gasteiger partial charge on any atom is 0.221 e. The molecule has 1 heterocycles. The Bertz CT molecular complexity index is 334. The summed E-state index contributed by atoms with van der Waals surface area (Å²) in [4.78, 5) is 8.09. The van der Waals surface area contributed by atoms with E-state index in [0.717, 1.165) is 18.4 Å². The first-order valence-electron chi connectivity index (χ1n) is 5.12. The number of hydrogen-bond donors (Lipinski definition) is 0. The maximum atomic E-state index is 6.01. The van der Waals surface area contributed by atoms with Gasteiger partial charge in [-0.2, -0.15) is 0 Å². The lowest BCUT2D eigenvalue weighted by Crippen LogP contribution is -2.24. The molecule has 0 radical (unpaired) electrons. The minimum atomic E-state index is -0.264. The topological polar surface area (TPSA) is 35.0 Å². The van der Waals surface area contributed by atoms with Gasteiger partial charge in [-0.3, -0.25) is 0 Å². The predicted octanol–water partition coefficient (Wildman–Crippen LogP) is 3.26. The standard InChI is InChI=1S/C11H17ClN2O/c1-5-6-8-9(12)13-7-14-10(8)15-11(2,3)4/h7H,5-6H2,1-4H3. The molecule has 0 aliphatic heterocycles. The fourth-order valence-electron chi connectivity index (χ4n) is 1.21. The Kier molecular flexibility index (Phi) is 3.91. The molecule has 0 saturated heterocycles. The molecule has 0 aliphatic carbocycles. The largest absolute Gasteiger partial charge is 0.472 e. The van der Waals surface area contributed by atoms with Crippen LogP contribution in [0.5, 0.6) is 5.88 Å². The summed E-state index contributed by atoms with van der Waals surface area (Å²) in [6.07, 6.45) is 3.27. The van der Waals surface area contributed by atoms with Crippen molar-refractivity contribution >= 4 is 11.6 Å². The Morgan fingerprint density at radius 3 is 2.53 bits per heavy atom. The van der Waals surface area contributed by atoms with Gasteiger partial charge in [0.1, 0.15) is 17.1 Å². The van der Waals surface area contributed by atoms with Gasteiger partial charge < -0.3 is 4.74 Å². The molecule has 15 heavy (non-hydrogen) atoms. The lowest BCUT2D eigenvalue weighted by Gasteiger charge is -2.22. The summed E-state index contributed by atoms with van der Waals surface area (Å²) < 4.78 is 5.73. The van der Waals surface area contributed by atoms with Crippen molar-refractivity contribution in [3.8, 4) is 5.88 Å². The molecule has 1 aromatic rings. The van der Waals surface area contributed by atoms with E-state index in [-0.39, 0.29) is 5.60 Å². The zero-order valence-corrected chi connectivity index (χ0v) is 10.4. The van der Waals surface area contributed by atoms with Crippen molar-refractivity contribution in [3.63, 3.8) is 0 Å². The number of aromatic nitrogens is 2. The van der Waals surface area contributed by atoms with Crippen LogP contribution in [-0.2, 0) is 6.42 Å². The third-order valence-electron chi connectivity index (χ3n) is 1.76. The van der Waals surface area contributed by atoms with Crippen LogP contribution < -0.4 is 4.74 Å². The maximum absolute atomic E-state index is 6.01. The van der Waals surface area contributed by atoms with Gasteiger partial charge in [0.25, 0.3) is 0 Å². The molecule has 3 nitrogen and oxygen atoms in total. The second-order valence-corrected chi connectivity index (χ2v) is 4.77. The van der Waals surface area contributed by atoms with Crippen molar-refractivity contribution in [2.75, 3.05) is 0 Å². The molecule has 0 aliphatic rings. The van der Waals surface area contributed by atoms with E-state index in [4.69, 9.17) is 16.3 Å². The van der Waals surface area contributed by atoms with E-state index in [9.17, 15) is 0 Å². The zero-order chi connectivity index (χ0) is 11.5. The highest BCUT2D eigenvalue weighted by Gasteiger charge is 2.17. The molecule has 0 fully saturated rings. The first-order chi connectivity index (χ1) is 6.94. The van der Waals surface area contributed by atoms with Crippen molar-refractivity contribution in [2.24, 2.45) is 0 Å². The van der Waals surface area contributed by atoms with Gasteiger partial charge in [-0.15, -0.1) is 0 Å².